The molecule has 2 atom stereocenters. The summed E-state index contributed by atoms with van der Waals surface area (Å²) >= 11 is 0. The third kappa shape index (κ3) is 2.53. The van der Waals surface area contributed by atoms with Crippen molar-refractivity contribution in [3.05, 3.63) is 0 Å². The lowest BCUT2D eigenvalue weighted by Crippen LogP contribution is -2.65. The first kappa shape index (κ1) is 13.0. The van der Waals surface area contributed by atoms with Crippen LogP contribution in [-0.2, 0) is 0 Å². The molecule has 12 heteroatoms. The summed E-state index contributed by atoms with van der Waals surface area (Å²) in [5.41, 5.74) is 0. The van der Waals surface area contributed by atoms with Gasteiger partial charge in [-0.2, -0.15) is 0 Å². The van der Waals surface area contributed by atoms with E-state index in [0.29, 0.717) is 0 Å². The molecule has 65 valence electrons. The van der Waals surface area contributed by atoms with Crippen molar-refractivity contribution in [2.24, 2.45) is 0 Å². The van der Waals surface area contributed by atoms with Gasteiger partial charge in [-0.25, -0.2) is 0 Å². The van der Waals surface area contributed by atoms with Crippen LogP contribution in [0.5, 0.6) is 0 Å². The fourth-order valence-electron chi connectivity index (χ4n) is 2.40. The first-order valence-electron chi connectivity index (χ1n) is 5.59. The average Bonchev–Trinajstić information content (AvgIpc) is 2.34. The second kappa shape index (κ2) is 5.95. The quantitative estimate of drug-likeness (QED) is 0.438. The molecule has 0 saturated carbocycles. The minimum absolute atomic E-state index is 0.0559. The lowest BCUT2D eigenvalue weighted by Gasteiger charge is -2.54. The van der Waals surface area contributed by atoms with Crippen LogP contribution in [0.3, 0.4) is 0 Å². The van der Waals surface area contributed by atoms with Gasteiger partial charge in [0.25, 0.3) is 0 Å². The maximum absolute atomic E-state index is 9.48. The predicted octanol–water partition coefficient (Wildman–Crippen LogP) is -4.28. The van der Waals surface area contributed by atoms with E-state index in [0.717, 1.165) is 0 Å². The van der Waals surface area contributed by atoms with E-state index in [4.69, 9.17) is 0 Å². The van der Waals surface area contributed by atoms with Crippen molar-refractivity contribution in [3.8, 4) is 0 Å². The molecule has 0 spiro atoms. The zero-order chi connectivity index (χ0) is 11.4. The normalized spacial score (nSPS) is 31.9. The van der Waals surface area contributed by atoms with Crippen molar-refractivity contribution in [2.45, 2.75) is 11.0 Å². The van der Waals surface area contributed by atoms with Crippen molar-refractivity contribution in [2.75, 3.05) is 13.2 Å². The van der Waals surface area contributed by atoms with Gasteiger partial charge in [0.1, 0.15) is 0 Å². The highest BCUT2D eigenvalue weighted by Crippen LogP contribution is 2.48. The summed E-state index contributed by atoms with van der Waals surface area (Å²) in [7, 11) is 17.9. The van der Waals surface area contributed by atoms with Crippen LogP contribution in [0.1, 0.15) is 0 Å². The lowest BCUT2D eigenvalue weighted by molar-refractivity contribution is 0.222. The van der Waals surface area contributed by atoms with Crippen LogP contribution in [-0.4, -0.2) is 93.7 Å². The summed E-state index contributed by atoms with van der Waals surface area (Å²) in [6, 6.07) is 0. The average molecular weight is 195 g/mol. The largest absolute Gasteiger partial charge is 0.397 e. The van der Waals surface area contributed by atoms with Crippen LogP contribution < -0.4 is 0 Å². The van der Waals surface area contributed by atoms with Gasteiger partial charge in [-0.3, -0.25) is 0 Å². The van der Waals surface area contributed by atoms with E-state index < -0.39 is 0 Å². The summed E-state index contributed by atoms with van der Waals surface area (Å²) in [6.45, 7) is 0.411. The lowest BCUT2D eigenvalue weighted by atomic mass is 8.76. The van der Waals surface area contributed by atoms with Gasteiger partial charge >= 0.3 is 0 Å². The van der Waals surface area contributed by atoms with Crippen LogP contribution in [0.4, 0.5) is 0 Å². The van der Waals surface area contributed by atoms with E-state index >= 15 is 0 Å². The van der Waals surface area contributed by atoms with Gasteiger partial charge in [0.2, 0.25) is 0 Å². The Kier molecular flexibility index (Phi) is 4.84. The Labute approximate surface area is 105 Å². The van der Waals surface area contributed by atoms with E-state index in [1.54, 1.807) is 0 Å². The number of hydrogen-bond acceptors (Lipinski definition) is 2. The van der Waals surface area contributed by atoms with Crippen molar-refractivity contribution in [1.29, 1.82) is 0 Å². The number of aliphatic hydroxyl groups is 2. The van der Waals surface area contributed by atoms with Crippen molar-refractivity contribution in [3.63, 3.8) is 0 Å². The molecule has 3 saturated heterocycles. The summed E-state index contributed by atoms with van der Waals surface area (Å²) in [5, 5.41) is 18.5. The second-order valence-corrected chi connectivity index (χ2v) is 4.32. The Hall–Kier alpha value is 0.569. The molecule has 3 fully saturated rings. The fraction of sp³-hybridized carbons (Fsp3) is 1.00. The molecule has 0 unspecified atom stereocenters. The van der Waals surface area contributed by atoms with Gasteiger partial charge in [0.05, 0.1) is 20.8 Å². The highest BCUT2D eigenvalue weighted by molar-refractivity contribution is 7.73. The zero-order valence-corrected chi connectivity index (χ0v) is 9.16. The molecular weight excluding hydrogens is 188 g/mol. The van der Waals surface area contributed by atoms with E-state index in [1.165, 1.54) is 0 Å². The Balaban J connectivity index is 1.99. The SMILES string of the molecule is OC[C@@H]1B2[B][B][B][B][B][B][B][B][C@@]1(CO)[B]2. The number of fused-ring (bicyclic) bond motifs is 7. The predicted molar refractivity (Wildman–Crippen MR) is 78.2 cm³/mol. The highest BCUT2D eigenvalue weighted by Gasteiger charge is 2.52. The molecule has 0 aromatic heterocycles. The third-order valence-electron chi connectivity index (χ3n) is 3.42. The molecule has 2 bridgehead atoms. The second-order valence-electron chi connectivity index (χ2n) is 4.32. The van der Waals surface area contributed by atoms with Crippen molar-refractivity contribution < 1.29 is 10.2 Å². The number of rotatable bonds is 2. The maximum atomic E-state index is 9.48. The first-order valence-corrected chi connectivity index (χ1v) is 5.59. The molecule has 0 aliphatic carbocycles. The molecule has 9 radical (unpaired) electrons. The molecule has 0 aromatic rings. The summed E-state index contributed by atoms with van der Waals surface area (Å²) < 4.78 is 0. The molecule has 2 N–H and O–H groups in total. The standard InChI is InChI=1S/C4H7B10O2/c15-1-3-4(2-16)5-7-8-9-10-11-12-13-14(3)6-4/h3,15-16H,1-2H2/t3-,4-/m0/s1. The molecule has 2 nitrogen and oxygen atoms in total. The minimum atomic E-state index is -0.349. The zero-order valence-electron chi connectivity index (χ0n) is 9.16. The maximum Gasteiger partial charge on any atom is 0.0643 e. The van der Waals surface area contributed by atoms with Gasteiger partial charge in [-0.15, -0.1) is 0 Å². The molecule has 0 amide bonds. The van der Waals surface area contributed by atoms with E-state index in [2.05, 4.69) is 14.2 Å². The smallest absolute Gasteiger partial charge is 0.0643 e. The minimum Gasteiger partial charge on any atom is -0.397 e. The molecule has 3 rings (SSSR count). The van der Waals surface area contributed by atoms with E-state index in [9.17, 15) is 10.2 Å². The Morgan fingerprint density at radius 1 is 1.00 bits per heavy atom. The highest BCUT2D eigenvalue weighted by atomic mass is 16.3. The Morgan fingerprint density at radius 2 is 1.69 bits per heavy atom. The number of hydrogen-bond donors (Lipinski definition) is 2. The third-order valence-corrected chi connectivity index (χ3v) is 3.42. The fourth-order valence-corrected chi connectivity index (χ4v) is 2.40. The Bertz CT molecular complexity index is 225. The topological polar surface area (TPSA) is 40.5 Å². The van der Waals surface area contributed by atoms with Gasteiger partial charge in [-0.05, 0) is 0 Å². The summed E-state index contributed by atoms with van der Waals surface area (Å²) in [4.78, 5) is 0. The van der Waals surface area contributed by atoms with Gasteiger partial charge in [0, 0.05) is 62.6 Å². The molecular formula is C4H7B10O2. The van der Waals surface area contributed by atoms with Gasteiger partial charge in [-0.1, -0.05) is 11.0 Å². The van der Waals surface area contributed by atoms with Crippen LogP contribution >= 0.6 is 0 Å². The monoisotopic (exact) mass is 197 g/mol. The number of aliphatic hydroxyl groups excluding tert-OH is 2. The molecule has 3 heterocycles. The van der Waals surface area contributed by atoms with Gasteiger partial charge in [0.15, 0.2) is 0 Å². The van der Waals surface area contributed by atoms with Crippen LogP contribution in [0.2, 0.25) is 11.0 Å². The van der Waals surface area contributed by atoms with Crippen LogP contribution in [0, 0.1) is 0 Å². The summed E-state index contributed by atoms with van der Waals surface area (Å²) in [5.74, 6) is 0.0879. The first-order chi connectivity index (χ1) is 7.82. The van der Waals surface area contributed by atoms with Crippen LogP contribution in [0.15, 0.2) is 0 Å². The van der Waals surface area contributed by atoms with E-state index in [-0.39, 0.29) is 30.7 Å². The molecule has 3 aliphatic heterocycles. The molecule has 0 aromatic carbocycles. The molecule has 16 heavy (non-hydrogen) atoms. The van der Waals surface area contributed by atoms with Crippen molar-refractivity contribution >= 4 is 70.3 Å². The van der Waals surface area contributed by atoms with E-state index in [1.807, 2.05) is 49.5 Å². The Morgan fingerprint density at radius 3 is 2.38 bits per heavy atom. The van der Waals surface area contributed by atoms with Crippen molar-refractivity contribution in [1.82, 2.24) is 0 Å². The van der Waals surface area contributed by atoms with Crippen LogP contribution in [0.25, 0.3) is 0 Å². The summed E-state index contributed by atoms with van der Waals surface area (Å²) in [6.07, 6.45) is 0. The molecule has 3 aliphatic rings. The van der Waals surface area contributed by atoms with Gasteiger partial charge < -0.3 is 10.2 Å².